The van der Waals surface area contributed by atoms with Gasteiger partial charge >= 0.3 is 0 Å². The average Bonchev–Trinajstić information content (AvgIpc) is 2.93. The molecule has 2 aromatic heterocycles. The van der Waals surface area contributed by atoms with Crippen molar-refractivity contribution in [1.82, 2.24) is 25.3 Å². The van der Waals surface area contributed by atoms with Gasteiger partial charge in [0, 0.05) is 26.6 Å². The Hall–Kier alpha value is -2.18. The van der Waals surface area contributed by atoms with Gasteiger partial charge in [0.2, 0.25) is 5.91 Å². The second kappa shape index (κ2) is 5.44. The number of aromatic amines is 1. The summed E-state index contributed by atoms with van der Waals surface area (Å²) in [6.45, 7) is 4.15. The molecule has 2 aromatic rings. The van der Waals surface area contributed by atoms with E-state index < -0.39 is 0 Å². The van der Waals surface area contributed by atoms with E-state index in [1.165, 1.54) is 0 Å². The van der Waals surface area contributed by atoms with Gasteiger partial charge in [-0.05, 0) is 18.8 Å². The van der Waals surface area contributed by atoms with Crippen LogP contribution in [-0.4, -0.2) is 45.5 Å². The first-order valence-electron chi connectivity index (χ1n) is 6.87. The van der Waals surface area contributed by atoms with Crippen LogP contribution in [-0.2, 0) is 4.79 Å². The molecule has 0 spiro atoms. The third-order valence-electron chi connectivity index (χ3n) is 3.66. The molecule has 0 aliphatic carbocycles. The monoisotopic (exact) mass is 274 g/mol. The lowest BCUT2D eigenvalue weighted by atomic mass is 9.98. The Kier molecular flexibility index (Phi) is 3.49. The second-order valence-electron chi connectivity index (χ2n) is 5.19. The van der Waals surface area contributed by atoms with Crippen molar-refractivity contribution in [2.45, 2.75) is 19.8 Å². The van der Waals surface area contributed by atoms with E-state index in [1.54, 1.807) is 19.6 Å². The van der Waals surface area contributed by atoms with Crippen molar-refractivity contribution >= 4 is 22.9 Å². The highest BCUT2D eigenvalue weighted by atomic mass is 16.1. The van der Waals surface area contributed by atoms with Crippen LogP contribution < -0.4 is 10.2 Å². The number of hydrogen-bond acceptors (Lipinski definition) is 5. The summed E-state index contributed by atoms with van der Waals surface area (Å²) in [6, 6.07) is 0. The van der Waals surface area contributed by atoms with Gasteiger partial charge in [-0.1, -0.05) is 0 Å². The topological polar surface area (TPSA) is 86.8 Å². The maximum Gasteiger partial charge on any atom is 0.216 e. The maximum absolute atomic E-state index is 11.0. The Bertz CT molecular complexity index is 610. The number of imidazole rings is 1. The Morgan fingerprint density at radius 1 is 1.50 bits per heavy atom. The largest absolute Gasteiger partial charge is 0.356 e. The summed E-state index contributed by atoms with van der Waals surface area (Å²) in [6.07, 6.45) is 5.43. The third kappa shape index (κ3) is 2.56. The van der Waals surface area contributed by atoms with Crippen LogP contribution in [0, 0.1) is 5.92 Å². The highest BCUT2D eigenvalue weighted by Crippen LogP contribution is 2.25. The number of fused-ring (bicyclic) bond motifs is 1. The summed E-state index contributed by atoms with van der Waals surface area (Å²) in [5.74, 6) is 1.39. The zero-order chi connectivity index (χ0) is 13.9. The Morgan fingerprint density at radius 3 is 3.25 bits per heavy atom. The van der Waals surface area contributed by atoms with E-state index in [4.69, 9.17) is 0 Å². The number of rotatable bonds is 3. The van der Waals surface area contributed by atoms with Gasteiger partial charge in [-0.15, -0.1) is 0 Å². The number of carbonyl (C=O) groups is 1. The molecule has 1 saturated heterocycles. The molecular formula is C13H18N6O. The average molecular weight is 274 g/mol. The van der Waals surface area contributed by atoms with Crippen molar-refractivity contribution in [3.05, 3.63) is 12.7 Å². The van der Waals surface area contributed by atoms with Crippen molar-refractivity contribution < 1.29 is 4.79 Å². The van der Waals surface area contributed by atoms with Crippen molar-refractivity contribution in [3.8, 4) is 0 Å². The van der Waals surface area contributed by atoms with Crippen LogP contribution in [0.1, 0.15) is 19.8 Å². The molecule has 7 nitrogen and oxygen atoms in total. The van der Waals surface area contributed by atoms with Crippen LogP contribution in [0.2, 0.25) is 0 Å². The fourth-order valence-corrected chi connectivity index (χ4v) is 2.70. The molecule has 0 unspecified atom stereocenters. The number of carbonyl (C=O) groups excluding carboxylic acids is 1. The molecule has 106 valence electrons. The van der Waals surface area contributed by atoms with Gasteiger partial charge in [0.1, 0.15) is 11.8 Å². The molecular weight excluding hydrogens is 256 g/mol. The maximum atomic E-state index is 11.0. The van der Waals surface area contributed by atoms with Crippen LogP contribution in [0.3, 0.4) is 0 Å². The quantitative estimate of drug-likeness (QED) is 0.860. The van der Waals surface area contributed by atoms with Crippen molar-refractivity contribution in [2.75, 3.05) is 24.5 Å². The molecule has 1 atom stereocenters. The minimum absolute atomic E-state index is 0.0279. The van der Waals surface area contributed by atoms with Gasteiger partial charge < -0.3 is 15.2 Å². The van der Waals surface area contributed by atoms with Crippen LogP contribution in [0.4, 0.5) is 5.82 Å². The van der Waals surface area contributed by atoms with E-state index in [0.29, 0.717) is 11.6 Å². The van der Waals surface area contributed by atoms with Gasteiger partial charge in [-0.2, -0.15) is 0 Å². The highest BCUT2D eigenvalue weighted by molar-refractivity contribution is 5.82. The summed E-state index contributed by atoms with van der Waals surface area (Å²) >= 11 is 0. The van der Waals surface area contributed by atoms with Gasteiger partial charge in [-0.25, -0.2) is 15.0 Å². The molecule has 1 amide bonds. The normalized spacial score (nSPS) is 19.2. The lowest BCUT2D eigenvalue weighted by molar-refractivity contribution is -0.119. The fourth-order valence-electron chi connectivity index (χ4n) is 2.70. The van der Waals surface area contributed by atoms with E-state index in [0.717, 1.165) is 43.8 Å². The van der Waals surface area contributed by atoms with Gasteiger partial charge in [0.05, 0.1) is 6.33 Å². The molecule has 20 heavy (non-hydrogen) atoms. The molecule has 0 aromatic carbocycles. The highest BCUT2D eigenvalue weighted by Gasteiger charge is 2.23. The van der Waals surface area contributed by atoms with Crippen molar-refractivity contribution in [3.63, 3.8) is 0 Å². The standard InChI is InChI=1S/C13H18N6O/c1-9(20)14-5-10-3-2-4-19(6-10)13-11-12(16-7-15-11)17-8-18-13/h7-8,10H,2-6H2,1H3,(H,14,20)(H,15,16,17,18)/t10-/m0/s1. The number of nitrogens with zero attached hydrogens (tertiary/aromatic N) is 4. The van der Waals surface area contributed by atoms with Gasteiger partial charge in [0.15, 0.2) is 11.5 Å². The predicted molar refractivity (Wildman–Crippen MR) is 75.3 cm³/mol. The van der Waals surface area contributed by atoms with E-state index in [9.17, 15) is 4.79 Å². The summed E-state index contributed by atoms with van der Waals surface area (Å²) in [7, 11) is 0. The Labute approximate surface area is 116 Å². The minimum Gasteiger partial charge on any atom is -0.356 e. The Morgan fingerprint density at radius 2 is 2.40 bits per heavy atom. The summed E-state index contributed by atoms with van der Waals surface area (Å²) in [4.78, 5) is 29.1. The molecule has 3 heterocycles. The molecule has 0 radical (unpaired) electrons. The second-order valence-corrected chi connectivity index (χ2v) is 5.19. The number of piperidine rings is 1. The summed E-state index contributed by atoms with van der Waals surface area (Å²) in [5.41, 5.74) is 1.58. The van der Waals surface area contributed by atoms with Crippen molar-refractivity contribution in [1.29, 1.82) is 0 Å². The first kappa shape index (κ1) is 12.8. The lowest BCUT2D eigenvalue weighted by Crippen LogP contribution is -2.41. The van der Waals surface area contributed by atoms with E-state index >= 15 is 0 Å². The number of amides is 1. The van der Waals surface area contributed by atoms with Crippen molar-refractivity contribution in [2.24, 2.45) is 5.92 Å². The zero-order valence-electron chi connectivity index (χ0n) is 11.5. The minimum atomic E-state index is 0.0279. The summed E-state index contributed by atoms with van der Waals surface area (Å²) < 4.78 is 0. The van der Waals surface area contributed by atoms with Crippen LogP contribution in [0.5, 0.6) is 0 Å². The lowest BCUT2D eigenvalue weighted by Gasteiger charge is -2.33. The molecule has 0 saturated carbocycles. The number of aromatic nitrogens is 4. The van der Waals surface area contributed by atoms with Crippen LogP contribution >= 0.6 is 0 Å². The zero-order valence-corrected chi connectivity index (χ0v) is 11.5. The van der Waals surface area contributed by atoms with Crippen LogP contribution in [0.25, 0.3) is 11.2 Å². The number of anilines is 1. The van der Waals surface area contributed by atoms with Crippen LogP contribution in [0.15, 0.2) is 12.7 Å². The molecule has 0 bridgehead atoms. The predicted octanol–water partition coefficient (Wildman–Crippen LogP) is 0.705. The third-order valence-corrected chi connectivity index (χ3v) is 3.66. The Balaban J connectivity index is 1.76. The molecule has 1 aliphatic heterocycles. The fraction of sp³-hybridized carbons (Fsp3) is 0.538. The molecule has 3 rings (SSSR count). The molecule has 1 aliphatic rings. The summed E-state index contributed by atoms with van der Waals surface area (Å²) in [5, 5.41) is 2.90. The molecule has 1 fully saturated rings. The SMILES string of the molecule is CC(=O)NC[C@@H]1CCCN(c2ncnc3nc[nH]c23)C1. The van der Waals surface area contributed by atoms with Gasteiger partial charge in [-0.3, -0.25) is 4.79 Å². The van der Waals surface area contributed by atoms with Gasteiger partial charge in [0.25, 0.3) is 0 Å². The van der Waals surface area contributed by atoms with E-state index in [-0.39, 0.29) is 5.91 Å². The number of H-pyrrole nitrogens is 1. The first-order valence-corrected chi connectivity index (χ1v) is 6.87. The smallest absolute Gasteiger partial charge is 0.216 e. The number of nitrogens with one attached hydrogen (secondary N) is 2. The molecule has 2 N–H and O–H groups in total. The first-order chi connectivity index (χ1) is 9.74. The van der Waals surface area contributed by atoms with E-state index in [1.807, 2.05) is 0 Å². The number of hydrogen-bond donors (Lipinski definition) is 2. The molecule has 7 heteroatoms. The van der Waals surface area contributed by atoms with E-state index in [2.05, 4.69) is 30.2 Å².